The van der Waals surface area contributed by atoms with Crippen molar-refractivity contribution in [3.8, 4) is 11.4 Å². The van der Waals surface area contributed by atoms with Crippen molar-refractivity contribution < 1.29 is 8.78 Å². The molecule has 6 heteroatoms. The summed E-state index contributed by atoms with van der Waals surface area (Å²) in [6, 6.07) is 7.16. The Bertz CT molecular complexity index is 866. The molecule has 0 aliphatic heterocycles. The van der Waals surface area contributed by atoms with E-state index in [4.69, 9.17) is 23.2 Å². The first kappa shape index (κ1) is 14.2. The van der Waals surface area contributed by atoms with Gasteiger partial charge in [0.25, 0.3) is 0 Å². The van der Waals surface area contributed by atoms with Crippen molar-refractivity contribution in [1.82, 2.24) is 9.97 Å². The van der Waals surface area contributed by atoms with Crippen LogP contribution in [0, 0.1) is 18.6 Å². The van der Waals surface area contributed by atoms with Gasteiger partial charge in [0.1, 0.15) is 22.3 Å². The Morgan fingerprint density at radius 2 is 1.71 bits per heavy atom. The van der Waals surface area contributed by atoms with Crippen LogP contribution < -0.4 is 0 Å². The zero-order valence-corrected chi connectivity index (χ0v) is 12.3. The third kappa shape index (κ3) is 2.45. The average molecular weight is 325 g/mol. The van der Waals surface area contributed by atoms with Gasteiger partial charge in [-0.1, -0.05) is 29.3 Å². The summed E-state index contributed by atoms with van der Waals surface area (Å²) >= 11 is 12.0. The molecule has 0 aliphatic carbocycles. The van der Waals surface area contributed by atoms with Gasteiger partial charge in [-0.3, -0.25) is 0 Å². The van der Waals surface area contributed by atoms with E-state index in [2.05, 4.69) is 9.97 Å². The smallest absolute Gasteiger partial charge is 0.164 e. The van der Waals surface area contributed by atoms with Crippen molar-refractivity contribution in [3.05, 3.63) is 57.7 Å². The van der Waals surface area contributed by atoms with E-state index in [1.165, 1.54) is 24.3 Å². The number of aromatic nitrogens is 2. The Morgan fingerprint density at radius 3 is 2.43 bits per heavy atom. The number of hydrogen-bond acceptors (Lipinski definition) is 2. The van der Waals surface area contributed by atoms with Crippen LogP contribution in [-0.2, 0) is 0 Å². The van der Waals surface area contributed by atoms with E-state index in [1.54, 1.807) is 13.0 Å². The van der Waals surface area contributed by atoms with Gasteiger partial charge in [0, 0.05) is 0 Å². The third-order valence-corrected chi connectivity index (χ3v) is 3.66. The number of hydrogen-bond donors (Lipinski definition) is 0. The predicted octanol–water partition coefficient (Wildman–Crippen LogP) is 5.19. The van der Waals surface area contributed by atoms with Crippen LogP contribution in [0.25, 0.3) is 22.3 Å². The zero-order chi connectivity index (χ0) is 15.1. The van der Waals surface area contributed by atoms with Gasteiger partial charge in [0.2, 0.25) is 0 Å². The Labute approximate surface area is 129 Å². The van der Waals surface area contributed by atoms with Crippen LogP contribution in [0.4, 0.5) is 8.78 Å². The maximum Gasteiger partial charge on any atom is 0.164 e. The second-order valence-corrected chi connectivity index (χ2v) is 5.34. The lowest BCUT2D eigenvalue weighted by molar-refractivity contribution is 0.627. The predicted molar refractivity (Wildman–Crippen MR) is 79.6 cm³/mol. The fourth-order valence-corrected chi connectivity index (χ4v) is 2.61. The molecule has 3 aromatic rings. The molecule has 0 N–H and O–H groups in total. The van der Waals surface area contributed by atoms with E-state index in [-0.39, 0.29) is 32.5 Å². The van der Waals surface area contributed by atoms with Crippen LogP contribution in [0.5, 0.6) is 0 Å². The summed E-state index contributed by atoms with van der Waals surface area (Å²) < 4.78 is 27.9. The molecule has 21 heavy (non-hydrogen) atoms. The highest BCUT2D eigenvalue weighted by molar-refractivity contribution is 6.41. The first-order valence-corrected chi connectivity index (χ1v) is 6.81. The molecule has 1 aromatic heterocycles. The topological polar surface area (TPSA) is 25.8 Å². The van der Waals surface area contributed by atoms with Crippen LogP contribution in [0.15, 0.2) is 30.3 Å². The highest BCUT2D eigenvalue weighted by Crippen LogP contribution is 2.32. The van der Waals surface area contributed by atoms with Crippen LogP contribution >= 0.6 is 23.2 Å². The molecule has 0 bridgehead atoms. The second-order valence-electron chi connectivity index (χ2n) is 4.57. The number of rotatable bonds is 1. The van der Waals surface area contributed by atoms with Crippen molar-refractivity contribution >= 4 is 34.1 Å². The molecule has 0 spiro atoms. The van der Waals surface area contributed by atoms with Crippen LogP contribution in [0.3, 0.4) is 0 Å². The molecule has 0 fully saturated rings. The fraction of sp³-hybridized carbons (Fsp3) is 0.0667. The summed E-state index contributed by atoms with van der Waals surface area (Å²) in [6.45, 7) is 1.76. The molecule has 2 aromatic carbocycles. The molecule has 0 unspecified atom stereocenters. The molecule has 0 amide bonds. The molecule has 1 heterocycles. The van der Waals surface area contributed by atoms with Gasteiger partial charge in [0.15, 0.2) is 5.82 Å². The van der Waals surface area contributed by atoms with Crippen LogP contribution in [-0.4, -0.2) is 9.97 Å². The molecule has 0 aliphatic rings. The highest BCUT2D eigenvalue weighted by Gasteiger charge is 2.16. The number of benzene rings is 2. The van der Waals surface area contributed by atoms with Crippen molar-refractivity contribution in [2.24, 2.45) is 0 Å². The standard InChI is InChI=1S/C15H8Cl2F2N2/c1-7-2-3-8(11(19)6-7)15-20-13-10(18)5-4-9(16)12(13)14(17)21-15/h2-6H,1H3. The van der Waals surface area contributed by atoms with Gasteiger partial charge in [0.05, 0.1) is 16.0 Å². The normalized spacial score (nSPS) is 11.1. The van der Waals surface area contributed by atoms with Crippen molar-refractivity contribution in [1.29, 1.82) is 0 Å². The number of halogens is 4. The Balaban J connectivity index is 2.33. The molecule has 2 nitrogen and oxygen atoms in total. The summed E-state index contributed by atoms with van der Waals surface area (Å²) in [5.74, 6) is -1.06. The van der Waals surface area contributed by atoms with Gasteiger partial charge in [-0.2, -0.15) is 0 Å². The average Bonchev–Trinajstić information content (AvgIpc) is 2.42. The number of nitrogens with zero attached hydrogens (tertiary/aromatic N) is 2. The van der Waals surface area contributed by atoms with Gasteiger partial charge >= 0.3 is 0 Å². The summed E-state index contributed by atoms with van der Waals surface area (Å²) in [5.41, 5.74) is 0.888. The molecular formula is C15H8Cl2F2N2. The molecule has 0 atom stereocenters. The molecule has 0 saturated carbocycles. The lowest BCUT2D eigenvalue weighted by Gasteiger charge is -2.08. The minimum Gasteiger partial charge on any atom is -0.225 e. The second kappa shape index (κ2) is 5.20. The first-order valence-electron chi connectivity index (χ1n) is 6.05. The van der Waals surface area contributed by atoms with E-state index in [0.717, 1.165) is 5.56 Å². The lowest BCUT2D eigenvalue weighted by atomic mass is 10.1. The maximum atomic E-state index is 14.0. The minimum atomic E-state index is -0.590. The zero-order valence-electron chi connectivity index (χ0n) is 10.8. The maximum absolute atomic E-state index is 14.0. The Morgan fingerprint density at radius 1 is 0.952 bits per heavy atom. The fourth-order valence-electron chi connectivity index (χ4n) is 2.05. The van der Waals surface area contributed by atoms with E-state index in [0.29, 0.717) is 0 Å². The van der Waals surface area contributed by atoms with Gasteiger partial charge < -0.3 is 0 Å². The van der Waals surface area contributed by atoms with Crippen LogP contribution in [0.2, 0.25) is 10.2 Å². The minimum absolute atomic E-state index is 0.0144. The molecule has 0 radical (unpaired) electrons. The van der Waals surface area contributed by atoms with Gasteiger partial charge in [-0.25, -0.2) is 18.7 Å². The highest BCUT2D eigenvalue weighted by atomic mass is 35.5. The molecular weight excluding hydrogens is 317 g/mol. The summed E-state index contributed by atoms with van der Waals surface area (Å²) in [4.78, 5) is 8.09. The molecule has 0 saturated heterocycles. The van der Waals surface area contributed by atoms with E-state index < -0.39 is 11.6 Å². The van der Waals surface area contributed by atoms with E-state index >= 15 is 0 Å². The summed E-state index contributed by atoms with van der Waals surface area (Å²) in [7, 11) is 0. The molecule has 106 valence electrons. The van der Waals surface area contributed by atoms with Gasteiger partial charge in [-0.15, -0.1) is 0 Å². The van der Waals surface area contributed by atoms with Crippen LogP contribution in [0.1, 0.15) is 5.56 Å². The largest absolute Gasteiger partial charge is 0.225 e. The lowest BCUT2D eigenvalue weighted by Crippen LogP contribution is -1.97. The quantitative estimate of drug-likeness (QED) is 0.575. The van der Waals surface area contributed by atoms with Crippen molar-refractivity contribution in [3.63, 3.8) is 0 Å². The van der Waals surface area contributed by atoms with E-state index in [9.17, 15) is 8.78 Å². The number of fused-ring (bicyclic) bond motifs is 1. The summed E-state index contributed by atoms with van der Waals surface area (Å²) in [6.07, 6.45) is 0. The SMILES string of the molecule is Cc1ccc(-c2nc(Cl)c3c(Cl)ccc(F)c3n2)c(F)c1. The van der Waals surface area contributed by atoms with E-state index in [1.807, 2.05) is 0 Å². The molecule has 3 rings (SSSR count). The van der Waals surface area contributed by atoms with Crippen molar-refractivity contribution in [2.45, 2.75) is 6.92 Å². The Kier molecular flexibility index (Phi) is 3.51. The monoisotopic (exact) mass is 324 g/mol. The van der Waals surface area contributed by atoms with Crippen molar-refractivity contribution in [2.75, 3.05) is 0 Å². The first-order chi connectivity index (χ1) is 9.97. The van der Waals surface area contributed by atoms with Gasteiger partial charge in [-0.05, 0) is 36.8 Å². The summed E-state index contributed by atoms with van der Waals surface area (Å²) in [5, 5.41) is 0.446. The third-order valence-electron chi connectivity index (χ3n) is 3.07. The number of aryl methyl sites for hydroxylation is 1. The Hall–Kier alpha value is -1.78.